The van der Waals surface area contributed by atoms with Gasteiger partial charge in [-0.25, -0.2) is 0 Å². The number of benzene rings is 1. The molecule has 1 N–H and O–H groups in total. The molecule has 1 aromatic rings. The molecule has 0 unspecified atom stereocenters. The highest BCUT2D eigenvalue weighted by Crippen LogP contribution is 2.27. The summed E-state index contributed by atoms with van der Waals surface area (Å²) in [6.45, 7) is 0. The van der Waals surface area contributed by atoms with Gasteiger partial charge in [0, 0.05) is 33.2 Å². The Hall–Kier alpha value is -0.990. The summed E-state index contributed by atoms with van der Waals surface area (Å²) in [6.07, 6.45) is 3.81. The molecule has 1 saturated heterocycles. The molecule has 96 valence electrons. The first-order valence-corrected chi connectivity index (χ1v) is 8.64. The maximum absolute atomic E-state index is 11.3. The van der Waals surface area contributed by atoms with Crippen molar-refractivity contribution >= 4 is 28.2 Å². The van der Waals surface area contributed by atoms with Gasteiger partial charge in [0.1, 0.15) is 6.07 Å². The second kappa shape index (κ2) is 6.26. The van der Waals surface area contributed by atoms with Crippen molar-refractivity contribution in [3.05, 3.63) is 23.8 Å². The van der Waals surface area contributed by atoms with Gasteiger partial charge in [0.05, 0.1) is 11.3 Å². The van der Waals surface area contributed by atoms with Crippen LogP contribution in [0.2, 0.25) is 0 Å². The van der Waals surface area contributed by atoms with Crippen LogP contribution in [-0.4, -0.2) is 28.0 Å². The second-order valence-electron chi connectivity index (χ2n) is 4.26. The lowest BCUT2D eigenvalue weighted by Gasteiger charge is -2.24. The fraction of sp³-hybridized carbons (Fsp3) is 0.462. The van der Waals surface area contributed by atoms with E-state index in [-0.39, 0.29) is 0 Å². The van der Waals surface area contributed by atoms with Crippen LogP contribution in [0.25, 0.3) is 0 Å². The van der Waals surface area contributed by atoms with E-state index in [0.29, 0.717) is 6.04 Å². The number of nitrogens with one attached hydrogen (secondary N) is 1. The first-order chi connectivity index (χ1) is 8.74. The van der Waals surface area contributed by atoms with Crippen LogP contribution in [0.1, 0.15) is 18.4 Å². The highest BCUT2D eigenvalue weighted by atomic mass is 32.2. The number of thioether (sulfide) groups is 1. The van der Waals surface area contributed by atoms with Crippen LogP contribution >= 0.6 is 11.8 Å². The van der Waals surface area contributed by atoms with Gasteiger partial charge in [-0.05, 0) is 31.2 Å². The summed E-state index contributed by atoms with van der Waals surface area (Å²) in [4.78, 5) is 1.00. The third kappa shape index (κ3) is 3.06. The van der Waals surface area contributed by atoms with Crippen molar-refractivity contribution in [2.45, 2.75) is 23.8 Å². The van der Waals surface area contributed by atoms with E-state index in [2.05, 4.69) is 11.4 Å². The highest BCUT2D eigenvalue weighted by molar-refractivity contribution is 7.98. The fourth-order valence-electron chi connectivity index (χ4n) is 2.09. The van der Waals surface area contributed by atoms with E-state index < -0.39 is 10.8 Å². The third-order valence-corrected chi connectivity index (χ3v) is 5.27. The average molecular weight is 280 g/mol. The van der Waals surface area contributed by atoms with Crippen LogP contribution in [0.5, 0.6) is 0 Å². The molecule has 0 aromatic heterocycles. The van der Waals surface area contributed by atoms with Crippen molar-refractivity contribution < 1.29 is 4.21 Å². The molecule has 0 spiro atoms. The topological polar surface area (TPSA) is 52.9 Å². The Kier molecular flexibility index (Phi) is 4.67. The Bertz CT molecular complexity index is 486. The predicted molar refractivity (Wildman–Crippen MR) is 77.5 cm³/mol. The molecule has 0 amide bonds. The van der Waals surface area contributed by atoms with Crippen LogP contribution in [0.4, 0.5) is 5.69 Å². The van der Waals surface area contributed by atoms with Crippen LogP contribution in [0, 0.1) is 11.3 Å². The van der Waals surface area contributed by atoms with E-state index in [4.69, 9.17) is 0 Å². The molecule has 1 aliphatic heterocycles. The summed E-state index contributed by atoms with van der Waals surface area (Å²) in [5.41, 5.74) is 1.62. The summed E-state index contributed by atoms with van der Waals surface area (Å²) in [5.74, 6) is 1.53. The zero-order chi connectivity index (χ0) is 13.0. The number of nitrogens with zero attached hydrogens (tertiary/aromatic N) is 1. The molecule has 0 aliphatic carbocycles. The second-order valence-corrected chi connectivity index (χ2v) is 6.81. The SMILES string of the molecule is CSc1cccc(NC2CCS(=O)CC2)c1C#N. The summed E-state index contributed by atoms with van der Waals surface area (Å²) in [7, 11) is -0.641. The molecule has 0 bridgehead atoms. The fourth-order valence-corrected chi connectivity index (χ4v) is 3.97. The lowest BCUT2D eigenvalue weighted by atomic mass is 10.1. The molecule has 18 heavy (non-hydrogen) atoms. The molecule has 1 heterocycles. The Morgan fingerprint density at radius 1 is 1.44 bits per heavy atom. The first-order valence-electron chi connectivity index (χ1n) is 5.93. The van der Waals surface area contributed by atoms with Gasteiger partial charge in [-0.1, -0.05) is 6.07 Å². The van der Waals surface area contributed by atoms with Gasteiger partial charge in [0.25, 0.3) is 0 Å². The normalized spacial score (nSPS) is 23.3. The molecule has 1 aromatic carbocycles. The third-order valence-electron chi connectivity index (χ3n) is 3.11. The van der Waals surface area contributed by atoms with Crippen molar-refractivity contribution in [2.24, 2.45) is 0 Å². The monoisotopic (exact) mass is 280 g/mol. The molecule has 1 aliphatic rings. The number of hydrogen-bond donors (Lipinski definition) is 1. The predicted octanol–water partition coefficient (Wildman–Crippen LogP) is 2.60. The number of hydrogen-bond acceptors (Lipinski definition) is 4. The van der Waals surface area contributed by atoms with Crippen LogP contribution in [-0.2, 0) is 10.8 Å². The Balaban J connectivity index is 2.14. The van der Waals surface area contributed by atoms with Crippen molar-refractivity contribution in [2.75, 3.05) is 23.1 Å². The van der Waals surface area contributed by atoms with Crippen molar-refractivity contribution in [3.8, 4) is 6.07 Å². The van der Waals surface area contributed by atoms with E-state index in [1.165, 1.54) is 0 Å². The van der Waals surface area contributed by atoms with Gasteiger partial charge in [0.2, 0.25) is 0 Å². The van der Waals surface area contributed by atoms with E-state index in [1.807, 2.05) is 24.5 Å². The summed E-state index contributed by atoms with van der Waals surface area (Å²) in [6, 6.07) is 8.49. The molecular formula is C13H16N2OS2. The Labute approximate surface area is 114 Å². The standard InChI is InChI=1S/C13H16N2OS2/c1-17-13-4-2-3-12(11(13)9-14)15-10-5-7-18(16)8-6-10/h2-4,10,15H,5-8H2,1H3. The highest BCUT2D eigenvalue weighted by Gasteiger charge is 2.19. The zero-order valence-electron chi connectivity index (χ0n) is 10.3. The van der Waals surface area contributed by atoms with E-state index in [1.54, 1.807) is 11.8 Å². The minimum atomic E-state index is -0.641. The van der Waals surface area contributed by atoms with Gasteiger partial charge < -0.3 is 5.32 Å². The van der Waals surface area contributed by atoms with E-state index >= 15 is 0 Å². The molecule has 1 fully saturated rings. The van der Waals surface area contributed by atoms with Crippen LogP contribution < -0.4 is 5.32 Å². The maximum atomic E-state index is 11.3. The van der Waals surface area contributed by atoms with Gasteiger partial charge in [0.15, 0.2) is 0 Å². The minimum absolute atomic E-state index is 0.340. The molecule has 0 atom stereocenters. The number of rotatable bonds is 3. The largest absolute Gasteiger partial charge is 0.381 e. The number of nitriles is 1. The van der Waals surface area contributed by atoms with Gasteiger partial charge in [-0.2, -0.15) is 5.26 Å². The first kappa shape index (κ1) is 13.4. The number of anilines is 1. The average Bonchev–Trinajstić information content (AvgIpc) is 2.41. The molecule has 0 saturated carbocycles. The van der Waals surface area contributed by atoms with Gasteiger partial charge in [-0.15, -0.1) is 11.8 Å². The molecule has 0 radical (unpaired) electrons. The maximum Gasteiger partial charge on any atom is 0.102 e. The molecular weight excluding hydrogens is 264 g/mol. The summed E-state index contributed by atoms with van der Waals surface area (Å²) < 4.78 is 11.3. The molecule has 2 rings (SSSR count). The summed E-state index contributed by atoms with van der Waals surface area (Å²) in [5, 5.41) is 12.7. The smallest absolute Gasteiger partial charge is 0.102 e. The molecule has 5 heteroatoms. The minimum Gasteiger partial charge on any atom is -0.381 e. The lowest BCUT2D eigenvalue weighted by Crippen LogP contribution is -2.29. The van der Waals surface area contributed by atoms with Gasteiger partial charge in [-0.3, -0.25) is 4.21 Å². The molecule has 3 nitrogen and oxygen atoms in total. The van der Waals surface area contributed by atoms with Crippen LogP contribution in [0.15, 0.2) is 23.1 Å². The van der Waals surface area contributed by atoms with Crippen molar-refractivity contribution in [1.82, 2.24) is 0 Å². The van der Waals surface area contributed by atoms with Gasteiger partial charge >= 0.3 is 0 Å². The van der Waals surface area contributed by atoms with E-state index in [9.17, 15) is 9.47 Å². The Morgan fingerprint density at radius 3 is 2.78 bits per heavy atom. The lowest BCUT2D eigenvalue weighted by molar-refractivity contribution is 0.624. The van der Waals surface area contributed by atoms with Crippen molar-refractivity contribution in [3.63, 3.8) is 0 Å². The van der Waals surface area contributed by atoms with Crippen molar-refractivity contribution in [1.29, 1.82) is 5.26 Å². The Morgan fingerprint density at radius 2 is 2.17 bits per heavy atom. The zero-order valence-corrected chi connectivity index (χ0v) is 11.9. The van der Waals surface area contributed by atoms with E-state index in [0.717, 1.165) is 40.5 Å². The quantitative estimate of drug-likeness (QED) is 0.865. The van der Waals surface area contributed by atoms with Crippen LogP contribution in [0.3, 0.4) is 0 Å². The summed E-state index contributed by atoms with van der Waals surface area (Å²) >= 11 is 1.59.